The minimum Gasteiger partial charge on any atom is -0.481 e. The molecule has 8 heteroatoms. The van der Waals surface area contributed by atoms with Gasteiger partial charge in [-0.2, -0.15) is 0 Å². The van der Waals surface area contributed by atoms with Gasteiger partial charge in [0.2, 0.25) is 5.91 Å². The Hall–Kier alpha value is -2.51. The number of amides is 2. The molecule has 1 saturated carbocycles. The Morgan fingerprint density at radius 3 is 2.26 bits per heavy atom. The second-order valence-corrected chi connectivity index (χ2v) is 7.82. The van der Waals surface area contributed by atoms with E-state index in [-0.39, 0.29) is 42.9 Å². The predicted molar refractivity (Wildman–Crippen MR) is 89.7 cm³/mol. The molecule has 2 aliphatic heterocycles. The Morgan fingerprint density at radius 2 is 1.70 bits per heavy atom. The summed E-state index contributed by atoms with van der Waals surface area (Å²) < 4.78 is 26.5. The van der Waals surface area contributed by atoms with Gasteiger partial charge in [0.1, 0.15) is 5.41 Å². The fourth-order valence-corrected chi connectivity index (χ4v) is 4.42. The van der Waals surface area contributed by atoms with Crippen molar-refractivity contribution in [2.75, 3.05) is 26.2 Å². The fourth-order valence-electron chi connectivity index (χ4n) is 4.42. The average Bonchev–Trinajstić information content (AvgIpc) is 3.10. The van der Waals surface area contributed by atoms with Gasteiger partial charge in [-0.15, -0.1) is 0 Å². The number of hydrogen-bond acceptors (Lipinski definition) is 3. The van der Waals surface area contributed by atoms with E-state index >= 15 is 0 Å². The second-order valence-electron chi connectivity index (χ2n) is 7.82. The molecule has 1 aromatic carbocycles. The van der Waals surface area contributed by atoms with Crippen molar-refractivity contribution in [3.63, 3.8) is 0 Å². The molecule has 6 nitrogen and oxygen atoms in total. The van der Waals surface area contributed by atoms with E-state index in [4.69, 9.17) is 0 Å². The summed E-state index contributed by atoms with van der Waals surface area (Å²) in [5.74, 6) is -4.09. The van der Waals surface area contributed by atoms with E-state index in [0.29, 0.717) is 6.54 Å². The summed E-state index contributed by atoms with van der Waals surface area (Å²) in [5, 5.41) is 9.85. The number of carbonyl (C=O) groups excluding carboxylic acids is 2. The Morgan fingerprint density at radius 1 is 1.04 bits per heavy atom. The van der Waals surface area contributed by atoms with Gasteiger partial charge in [-0.25, -0.2) is 8.78 Å². The highest BCUT2D eigenvalue weighted by molar-refractivity contribution is 5.95. The molecule has 0 bridgehead atoms. The quantitative estimate of drug-likeness (QED) is 0.869. The summed E-state index contributed by atoms with van der Waals surface area (Å²) in [6.07, 6.45) is 2.72. The molecule has 4 rings (SSSR count). The molecule has 0 spiro atoms. The average molecular weight is 378 g/mol. The van der Waals surface area contributed by atoms with Gasteiger partial charge in [-0.3, -0.25) is 14.4 Å². The van der Waals surface area contributed by atoms with Crippen molar-refractivity contribution >= 4 is 17.8 Å². The third-order valence-corrected chi connectivity index (χ3v) is 6.25. The van der Waals surface area contributed by atoms with Crippen LogP contribution < -0.4 is 0 Å². The summed E-state index contributed by atoms with van der Waals surface area (Å²) in [5.41, 5.74) is -1.22. The minimum absolute atomic E-state index is 0.00500. The molecule has 2 heterocycles. The first-order valence-corrected chi connectivity index (χ1v) is 9.08. The lowest BCUT2D eigenvalue weighted by atomic mass is 9.81. The molecule has 1 aromatic rings. The summed E-state index contributed by atoms with van der Waals surface area (Å²) in [7, 11) is 0. The molecule has 3 fully saturated rings. The van der Waals surface area contributed by atoms with Gasteiger partial charge in [-0.1, -0.05) is 6.42 Å². The molecular weight excluding hydrogens is 358 g/mol. The Balaban J connectivity index is 1.52. The predicted octanol–water partition coefficient (Wildman–Crippen LogP) is 1.75. The van der Waals surface area contributed by atoms with E-state index in [1.54, 1.807) is 4.90 Å². The van der Waals surface area contributed by atoms with Crippen LogP contribution in [0.1, 0.15) is 29.6 Å². The number of aliphatic carboxylic acids is 1. The van der Waals surface area contributed by atoms with Gasteiger partial charge >= 0.3 is 5.97 Å². The number of rotatable bonds is 3. The highest BCUT2D eigenvalue weighted by atomic mass is 19.2. The summed E-state index contributed by atoms with van der Waals surface area (Å²) in [4.78, 5) is 40.2. The van der Waals surface area contributed by atoms with Crippen molar-refractivity contribution in [1.82, 2.24) is 9.80 Å². The number of likely N-dealkylation sites (tertiary alicyclic amines) is 2. The number of carboxylic acid groups (broad SMARTS) is 1. The van der Waals surface area contributed by atoms with Crippen LogP contribution in [0.3, 0.4) is 0 Å². The van der Waals surface area contributed by atoms with E-state index in [0.717, 1.165) is 31.4 Å². The van der Waals surface area contributed by atoms with E-state index in [1.165, 1.54) is 11.0 Å². The van der Waals surface area contributed by atoms with Gasteiger partial charge < -0.3 is 14.9 Å². The van der Waals surface area contributed by atoms with Crippen LogP contribution in [0, 0.1) is 28.9 Å². The van der Waals surface area contributed by atoms with Crippen LogP contribution in [0.25, 0.3) is 0 Å². The number of carboxylic acids is 1. The smallest absolute Gasteiger partial charge is 0.313 e. The largest absolute Gasteiger partial charge is 0.481 e. The zero-order valence-corrected chi connectivity index (χ0v) is 14.7. The highest BCUT2D eigenvalue weighted by Crippen LogP contribution is 2.44. The van der Waals surface area contributed by atoms with Crippen molar-refractivity contribution in [3.05, 3.63) is 35.4 Å². The van der Waals surface area contributed by atoms with Crippen LogP contribution >= 0.6 is 0 Å². The molecule has 3 aliphatic rings. The zero-order valence-electron chi connectivity index (χ0n) is 14.7. The van der Waals surface area contributed by atoms with Gasteiger partial charge in [0, 0.05) is 43.6 Å². The van der Waals surface area contributed by atoms with E-state index in [2.05, 4.69) is 0 Å². The third kappa shape index (κ3) is 2.78. The van der Waals surface area contributed by atoms with E-state index < -0.39 is 28.9 Å². The number of fused-ring (bicyclic) bond motifs is 1. The van der Waals surface area contributed by atoms with Gasteiger partial charge in [-0.05, 0) is 31.0 Å². The number of halogens is 2. The third-order valence-electron chi connectivity index (χ3n) is 6.25. The molecule has 0 aromatic heterocycles. The van der Waals surface area contributed by atoms with Crippen molar-refractivity contribution in [2.45, 2.75) is 19.3 Å². The van der Waals surface area contributed by atoms with Crippen LogP contribution in [0.4, 0.5) is 8.78 Å². The number of hydrogen-bond donors (Lipinski definition) is 1. The van der Waals surface area contributed by atoms with Crippen molar-refractivity contribution in [1.29, 1.82) is 0 Å². The molecule has 2 amide bonds. The number of carbonyl (C=O) groups is 3. The van der Waals surface area contributed by atoms with Crippen LogP contribution in [0.5, 0.6) is 0 Å². The van der Waals surface area contributed by atoms with Gasteiger partial charge in [0.25, 0.3) is 5.91 Å². The summed E-state index contributed by atoms with van der Waals surface area (Å²) in [6.45, 7) is 0.533. The Labute approximate surface area is 154 Å². The summed E-state index contributed by atoms with van der Waals surface area (Å²) >= 11 is 0. The van der Waals surface area contributed by atoms with E-state index in [9.17, 15) is 28.3 Å². The monoisotopic (exact) mass is 378 g/mol. The molecule has 1 N–H and O–H groups in total. The lowest BCUT2D eigenvalue weighted by Gasteiger charge is -2.31. The molecule has 0 unspecified atom stereocenters. The van der Waals surface area contributed by atoms with Crippen molar-refractivity contribution in [3.8, 4) is 0 Å². The van der Waals surface area contributed by atoms with Crippen LogP contribution in [-0.2, 0) is 9.59 Å². The van der Waals surface area contributed by atoms with Crippen LogP contribution in [-0.4, -0.2) is 58.9 Å². The normalized spacial score (nSPS) is 27.4. The molecule has 27 heavy (non-hydrogen) atoms. The maximum absolute atomic E-state index is 13.4. The van der Waals surface area contributed by atoms with Gasteiger partial charge in [0.05, 0.1) is 0 Å². The highest BCUT2D eigenvalue weighted by Gasteiger charge is 2.59. The molecule has 2 saturated heterocycles. The second kappa shape index (κ2) is 6.28. The lowest BCUT2D eigenvalue weighted by molar-refractivity contribution is -0.149. The standard InChI is InChI=1S/C19H20F2N2O4/c20-14-5-4-12(6-15(14)21)17(25)23-8-13-7-22(16(24)11-2-1-3-11)9-19(13,10-23)18(26)27/h4-6,11,13H,1-3,7-10H2,(H,26,27)/t13-,19-/m1/s1. The molecular formula is C19H20F2N2O4. The zero-order chi connectivity index (χ0) is 19.3. The SMILES string of the molecule is O=C(c1ccc(F)c(F)c1)N1C[C@H]2CN(C(=O)C3CCC3)C[C@@]2(C(=O)O)C1. The van der Waals surface area contributed by atoms with Crippen molar-refractivity contribution in [2.24, 2.45) is 17.3 Å². The number of nitrogens with zero attached hydrogens (tertiary/aromatic N) is 2. The summed E-state index contributed by atoms with van der Waals surface area (Å²) in [6, 6.07) is 2.89. The Kier molecular flexibility index (Phi) is 4.16. The van der Waals surface area contributed by atoms with E-state index in [1.807, 2.05) is 0 Å². The van der Waals surface area contributed by atoms with Crippen LogP contribution in [0.15, 0.2) is 18.2 Å². The Bertz CT molecular complexity index is 826. The van der Waals surface area contributed by atoms with Gasteiger partial charge in [0.15, 0.2) is 11.6 Å². The fraction of sp³-hybridized carbons (Fsp3) is 0.526. The maximum Gasteiger partial charge on any atom is 0.313 e. The molecule has 0 radical (unpaired) electrons. The molecule has 144 valence electrons. The minimum atomic E-state index is -1.20. The topological polar surface area (TPSA) is 77.9 Å². The molecule has 1 aliphatic carbocycles. The first kappa shape index (κ1) is 17.9. The molecule has 2 atom stereocenters. The first-order chi connectivity index (χ1) is 12.8. The van der Waals surface area contributed by atoms with Crippen LogP contribution in [0.2, 0.25) is 0 Å². The number of benzene rings is 1. The lowest BCUT2D eigenvalue weighted by Crippen LogP contribution is -2.44. The van der Waals surface area contributed by atoms with Crippen molar-refractivity contribution < 1.29 is 28.3 Å². The first-order valence-electron chi connectivity index (χ1n) is 9.08. The maximum atomic E-state index is 13.4.